The van der Waals surface area contributed by atoms with Crippen molar-refractivity contribution in [2.45, 2.75) is 39.5 Å². The van der Waals surface area contributed by atoms with Gasteiger partial charge >= 0.3 is 0 Å². The molecule has 0 atom stereocenters. The Bertz CT molecular complexity index is 433. The van der Waals surface area contributed by atoms with Gasteiger partial charge in [0.25, 0.3) is 0 Å². The maximum absolute atomic E-state index is 3.74. The van der Waals surface area contributed by atoms with E-state index in [1.54, 1.807) is 0 Å². The Labute approximate surface area is 95.8 Å². The molecule has 0 bridgehead atoms. The van der Waals surface area contributed by atoms with E-state index in [0.717, 1.165) is 6.42 Å². The Morgan fingerprint density at radius 1 is 1.20 bits per heavy atom. The van der Waals surface area contributed by atoms with Gasteiger partial charge < -0.3 is 0 Å². The van der Waals surface area contributed by atoms with Gasteiger partial charge in [-0.3, -0.25) is 0 Å². The van der Waals surface area contributed by atoms with Gasteiger partial charge in [0.1, 0.15) is 0 Å². The first-order valence-corrected chi connectivity index (χ1v) is 5.94. The van der Waals surface area contributed by atoms with Gasteiger partial charge in [0.2, 0.25) is 0 Å². The van der Waals surface area contributed by atoms with Crippen LogP contribution in [0.4, 0.5) is 0 Å². The summed E-state index contributed by atoms with van der Waals surface area (Å²) in [5.41, 5.74) is 5.91. The molecular weight excluding hydrogens is 196 g/mol. The molecule has 0 saturated heterocycles. The number of fused-ring (bicyclic) bond motifs is 1. The first kappa shape index (κ1) is 10.7. The summed E-state index contributed by atoms with van der Waals surface area (Å²) < 4.78 is 0. The van der Waals surface area contributed by atoms with E-state index in [9.17, 15) is 0 Å². The van der Waals surface area contributed by atoms with Gasteiger partial charge in [-0.2, -0.15) is 0 Å². The van der Waals surface area contributed by atoms with Crippen molar-refractivity contribution in [3.63, 3.8) is 0 Å². The molecule has 0 aromatic heterocycles. The highest BCUT2D eigenvalue weighted by Crippen LogP contribution is 2.28. The molecule has 0 nitrogen and oxygen atoms in total. The number of rotatable bonds is 0. The quantitative estimate of drug-likeness (QED) is 0.581. The van der Waals surface area contributed by atoms with Gasteiger partial charge in [0, 0.05) is 0 Å². The fraction of sp³-hybridized carbons (Fsp3) is 0.429. The molecule has 0 aliphatic heterocycles. The van der Waals surface area contributed by atoms with Crippen molar-refractivity contribution in [1.82, 2.24) is 0 Å². The Hall–Kier alpha value is -0.823. The average Bonchev–Trinajstić information content (AvgIpc) is 2.44. The van der Waals surface area contributed by atoms with Crippen molar-refractivity contribution in [2.24, 2.45) is 0 Å². The zero-order valence-corrected chi connectivity index (χ0v) is 10.9. The van der Waals surface area contributed by atoms with E-state index in [2.05, 4.69) is 56.1 Å². The molecule has 2 rings (SSSR count). The van der Waals surface area contributed by atoms with E-state index >= 15 is 0 Å². The van der Waals surface area contributed by atoms with E-state index in [1.807, 2.05) is 0 Å². The molecule has 0 unspecified atom stereocenters. The largest absolute Gasteiger partial charge is 0.0716 e. The summed E-state index contributed by atoms with van der Waals surface area (Å²) in [7, 11) is 3.74. The molecule has 1 aliphatic rings. The molecule has 1 aromatic carbocycles. The van der Waals surface area contributed by atoms with E-state index in [4.69, 9.17) is 0 Å². The molecule has 0 saturated carbocycles. The molecule has 1 aliphatic carbocycles. The molecule has 1 aromatic rings. The molecular formula is C14H17Si. The summed E-state index contributed by atoms with van der Waals surface area (Å²) in [5.74, 6) is 0. The maximum atomic E-state index is 3.74. The predicted octanol–water partition coefficient (Wildman–Crippen LogP) is 2.74. The van der Waals surface area contributed by atoms with E-state index in [-0.39, 0.29) is 5.41 Å². The van der Waals surface area contributed by atoms with Crippen molar-refractivity contribution >= 4 is 21.5 Å². The second kappa shape index (κ2) is 3.34. The van der Waals surface area contributed by atoms with E-state index in [0.29, 0.717) is 0 Å². The first-order chi connectivity index (χ1) is 6.88. The normalized spacial score (nSPS) is 15.1. The van der Waals surface area contributed by atoms with Crippen LogP contribution in [0, 0.1) is 0 Å². The fourth-order valence-corrected chi connectivity index (χ4v) is 2.44. The number of hydrogen-bond donors (Lipinski definition) is 0. The molecule has 0 amide bonds. The SMILES string of the molecule is CC1=Cc2cc(C(C)(C)C)cc([Si])c2C1. The van der Waals surface area contributed by atoms with Crippen LogP contribution in [0.2, 0.25) is 0 Å². The van der Waals surface area contributed by atoms with Crippen LogP contribution in [-0.2, 0) is 11.8 Å². The third kappa shape index (κ3) is 1.93. The third-order valence-electron chi connectivity index (χ3n) is 3.01. The summed E-state index contributed by atoms with van der Waals surface area (Å²) in [5, 5.41) is 1.26. The van der Waals surface area contributed by atoms with Crippen molar-refractivity contribution < 1.29 is 0 Å². The monoisotopic (exact) mass is 213 g/mol. The Kier molecular flexibility index (Phi) is 2.38. The van der Waals surface area contributed by atoms with Crippen LogP contribution >= 0.6 is 0 Å². The van der Waals surface area contributed by atoms with Gasteiger partial charge in [-0.1, -0.05) is 49.7 Å². The number of allylic oxidation sites excluding steroid dienone is 1. The van der Waals surface area contributed by atoms with E-state index in [1.165, 1.54) is 27.5 Å². The van der Waals surface area contributed by atoms with Crippen molar-refractivity contribution in [3.05, 3.63) is 34.4 Å². The van der Waals surface area contributed by atoms with Crippen LogP contribution in [0.15, 0.2) is 17.7 Å². The average molecular weight is 213 g/mol. The topological polar surface area (TPSA) is 0 Å². The van der Waals surface area contributed by atoms with Crippen LogP contribution in [0.3, 0.4) is 0 Å². The second-order valence-corrected chi connectivity index (χ2v) is 6.05. The summed E-state index contributed by atoms with van der Waals surface area (Å²) in [4.78, 5) is 0. The van der Waals surface area contributed by atoms with Crippen molar-refractivity contribution in [1.29, 1.82) is 0 Å². The van der Waals surface area contributed by atoms with E-state index < -0.39 is 0 Å². The summed E-state index contributed by atoms with van der Waals surface area (Å²) in [6.07, 6.45) is 3.40. The van der Waals surface area contributed by atoms with Crippen LogP contribution < -0.4 is 5.19 Å². The van der Waals surface area contributed by atoms with Crippen molar-refractivity contribution in [2.75, 3.05) is 0 Å². The Morgan fingerprint density at radius 2 is 1.87 bits per heavy atom. The lowest BCUT2D eigenvalue weighted by molar-refractivity contribution is 0.590. The maximum Gasteiger partial charge on any atom is 0.0716 e. The minimum atomic E-state index is 0.223. The molecule has 0 spiro atoms. The highest BCUT2D eigenvalue weighted by molar-refractivity contribution is 6.33. The molecule has 0 fully saturated rings. The lowest BCUT2D eigenvalue weighted by Gasteiger charge is -2.21. The van der Waals surface area contributed by atoms with Gasteiger partial charge in [-0.15, -0.1) is 0 Å². The molecule has 0 N–H and O–H groups in total. The summed E-state index contributed by atoms with van der Waals surface area (Å²) >= 11 is 0. The first-order valence-electron chi connectivity index (χ1n) is 5.44. The van der Waals surface area contributed by atoms with Crippen LogP contribution in [-0.4, -0.2) is 10.2 Å². The Morgan fingerprint density at radius 3 is 2.47 bits per heavy atom. The van der Waals surface area contributed by atoms with Gasteiger partial charge in [0.05, 0.1) is 10.2 Å². The van der Waals surface area contributed by atoms with Crippen molar-refractivity contribution in [3.8, 4) is 0 Å². The molecule has 1 heteroatoms. The lowest BCUT2D eigenvalue weighted by Crippen LogP contribution is -2.18. The smallest absolute Gasteiger partial charge is 0.0683 e. The third-order valence-corrected chi connectivity index (χ3v) is 3.45. The lowest BCUT2D eigenvalue weighted by atomic mass is 9.85. The second-order valence-electron chi connectivity index (χ2n) is 5.51. The highest BCUT2D eigenvalue weighted by Gasteiger charge is 2.19. The molecule has 3 radical (unpaired) electrons. The minimum Gasteiger partial charge on any atom is -0.0683 e. The summed E-state index contributed by atoms with van der Waals surface area (Å²) in [6, 6.07) is 4.59. The number of benzene rings is 1. The van der Waals surface area contributed by atoms with Crippen LogP contribution in [0.5, 0.6) is 0 Å². The van der Waals surface area contributed by atoms with Gasteiger partial charge in [-0.05, 0) is 35.4 Å². The van der Waals surface area contributed by atoms with Crippen LogP contribution in [0.1, 0.15) is 44.4 Å². The standard InChI is InChI=1S/C14H17Si/c1-9-5-10-7-11(14(2,3)4)8-13(15)12(10)6-9/h5,7-8H,6H2,1-4H3. The predicted molar refractivity (Wildman–Crippen MR) is 67.9 cm³/mol. The molecule has 15 heavy (non-hydrogen) atoms. The number of hydrogen-bond acceptors (Lipinski definition) is 0. The zero-order valence-electron chi connectivity index (χ0n) is 9.94. The fourth-order valence-electron chi connectivity index (χ4n) is 2.05. The molecule has 0 heterocycles. The highest BCUT2D eigenvalue weighted by atomic mass is 28.1. The zero-order chi connectivity index (χ0) is 11.2. The van der Waals surface area contributed by atoms with Crippen LogP contribution in [0.25, 0.3) is 6.08 Å². The Balaban J connectivity index is 2.56. The van der Waals surface area contributed by atoms with Gasteiger partial charge in [-0.25, -0.2) is 0 Å². The van der Waals surface area contributed by atoms with Gasteiger partial charge in [0.15, 0.2) is 0 Å². The minimum absolute atomic E-state index is 0.223. The summed E-state index contributed by atoms with van der Waals surface area (Å²) in [6.45, 7) is 8.96. The molecule has 77 valence electrons.